The van der Waals surface area contributed by atoms with Crippen molar-refractivity contribution in [3.63, 3.8) is 0 Å². The second-order valence-electron chi connectivity index (χ2n) is 6.37. The highest BCUT2D eigenvalue weighted by atomic mass is 16.5. The molecule has 1 aromatic heterocycles. The van der Waals surface area contributed by atoms with Crippen molar-refractivity contribution >= 4 is 11.9 Å². The van der Waals surface area contributed by atoms with Gasteiger partial charge in [-0.25, -0.2) is 0 Å². The third-order valence-corrected chi connectivity index (χ3v) is 3.78. The number of hydrogen-bond acceptors (Lipinski definition) is 6. The summed E-state index contributed by atoms with van der Waals surface area (Å²) in [7, 11) is 5.60. The van der Waals surface area contributed by atoms with E-state index >= 15 is 0 Å². The molecular formula is C14H25N5O. The van der Waals surface area contributed by atoms with E-state index in [-0.39, 0.29) is 6.10 Å². The molecule has 0 atom stereocenters. The average molecular weight is 279 g/mol. The summed E-state index contributed by atoms with van der Waals surface area (Å²) in [5.74, 6) is 1.14. The highest BCUT2D eigenvalue weighted by molar-refractivity contribution is 5.36. The van der Waals surface area contributed by atoms with E-state index in [9.17, 15) is 0 Å². The quantitative estimate of drug-likeness (QED) is 0.912. The van der Waals surface area contributed by atoms with E-state index in [1.807, 2.05) is 19.0 Å². The van der Waals surface area contributed by atoms with Crippen molar-refractivity contribution in [1.29, 1.82) is 0 Å². The molecule has 0 aliphatic heterocycles. The Morgan fingerprint density at radius 3 is 2.35 bits per heavy atom. The molecule has 1 aromatic rings. The lowest BCUT2D eigenvalue weighted by Gasteiger charge is -2.33. The highest BCUT2D eigenvalue weighted by Crippen LogP contribution is 2.36. The molecule has 0 bridgehead atoms. The van der Waals surface area contributed by atoms with Crippen LogP contribution < -0.4 is 15.0 Å². The first-order valence-electron chi connectivity index (χ1n) is 7.17. The van der Waals surface area contributed by atoms with Gasteiger partial charge in [-0.15, -0.1) is 0 Å². The van der Waals surface area contributed by atoms with Gasteiger partial charge in [0.25, 0.3) is 0 Å². The van der Waals surface area contributed by atoms with Gasteiger partial charge in [-0.2, -0.15) is 15.0 Å². The van der Waals surface area contributed by atoms with Gasteiger partial charge in [-0.05, 0) is 31.1 Å². The Bertz CT molecular complexity index is 451. The molecule has 0 radical (unpaired) electrons. The Morgan fingerprint density at radius 1 is 1.15 bits per heavy atom. The molecular weight excluding hydrogens is 254 g/mol. The Labute approximate surface area is 121 Å². The molecule has 0 aromatic carbocycles. The third kappa shape index (κ3) is 3.71. The number of aromatic nitrogens is 3. The van der Waals surface area contributed by atoms with Gasteiger partial charge in [-0.1, -0.05) is 13.8 Å². The van der Waals surface area contributed by atoms with Gasteiger partial charge in [0.1, 0.15) is 6.10 Å². The zero-order valence-electron chi connectivity index (χ0n) is 13.1. The first kappa shape index (κ1) is 14.8. The standard InChI is InChI=1S/C14H25N5O/c1-14(2)8-6-10(7-9-14)20-13-17-11(15-3)16-12(18-13)19(4)5/h10H,6-9H2,1-5H3,(H,15,16,17,18). The number of ether oxygens (including phenoxy) is 1. The van der Waals surface area contributed by atoms with Gasteiger partial charge in [0.05, 0.1) is 0 Å². The van der Waals surface area contributed by atoms with E-state index in [0.717, 1.165) is 12.8 Å². The van der Waals surface area contributed by atoms with Crippen LogP contribution in [0.3, 0.4) is 0 Å². The Balaban J connectivity index is 2.07. The predicted molar refractivity (Wildman–Crippen MR) is 80.4 cm³/mol. The lowest BCUT2D eigenvalue weighted by molar-refractivity contribution is 0.0907. The molecule has 112 valence electrons. The van der Waals surface area contributed by atoms with E-state index in [1.165, 1.54) is 12.8 Å². The van der Waals surface area contributed by atoms with E-state index < -0.39 is 0 Å². The Hall–Kier alpha value is -1.59. The summed E-state index contributed by atoms with van der Waals surface area (Å²) >= 11 is 0. The summed E-state index contributed by atoms with van der Waals surface area (Å²) in [6.45, 7) is 4.63. The van der Waals surface area contributed by atoms with Gasteiger partial charge < -0.3 is 15.0 Å². The van der Waals surface area contributed by atoms with Gasteiger partial charge in [0, 0.05) is 21.1 Å². The fourth-order valence-corrected chi connectivity index (χ4v) is 2.35. The van der Waals surface area contributed by atoms with E-state index in [4.69, 9.17) is 4.74 Å². The van der Waals surface area contributed by atoms with Crippen molar-refractivity contribution in [2.75, 3.05) is 31.4 Å². The van der Waals surface area contributed by atoms with Crippen LogP contribution in [0.15, 0.2) is 0 Å². The molecule has 1 aliphatic carbocycles. The number of nitrogens with zero attached hydrogens (tertiary/aromatic N) is 4. The first-order chi connectivity index (χ1) is 9.39. The molecule has 6 nitrogen and oxygen atoms in total. The maximum Gasteiger partial charge on any atom is 0.323 e. The summed E-state index contributed by atoms with van der Waals surface area (Å²) < 4.78 is 5.95. The van der Waals surface area contributed by atoms with Crippen LogP contribution >= 0.6 is 0 Å². The maximum atomic E-state index is 5.95. The molecule has 2 rings (SSSR count). The molecule has 0 unspecified atom stereocenters. The largest absolute Gasteiger partial charge is 0.460 e. The van der Waals surface area contributed by atoms with Gasteiger partial charge in [-0.3, -0.25) is 0 Å². The van der Waals surface area contributed by atoms with Crippen molar-refractivity contribution in [2.24, 2.45) is 5.41 Å². The monoisotopic (exact) mass is 279 g/mol. The highest BCUT2D eigenvalue weighted by Gasteiger charge is 2.28. The second kappa shape index (κ2) is 5.81. The van der Waals surface area contributed by atoms with Crippen molar-refractivity contribution in [3.8, 4) is 6.01 Å². The zero-order chi connectivity index (χ0) is 14.8. The molecule has 1 N–H and O–H groups in total. The van der Waals surface area contributed by atoms with E-state index in [0.29, 0.717) is 23.3 Å². The first-order valence-corrected chi connectivity index (χ1v) is 7.17. The number of nitrogens with one attached hydrogen (secondary N) is 1. The smallest absolute Gasteiger partial charge is 0.323 e. The third-order valence-electron chi connectivity index (χ3n) is 3.78. The molecule has 0 spiro atoms. The molecule has 20 heavy (non-hydrogen) atoms. The van der Waals surface area contributed by atoms with Gasteiger partial charge >= 0.3 is 6.01 Å². The lowest BCUT2D eigenvalue weighted by Crippen LogP contribution is -2.29. The van der Waals surface area contributed by atoms with E-state index in [2.05, 4.69) is 34.1 Å². The van der Waals surface area contributed by atoms with Crippen molar-refractivity contribution in [3.05, 3.63) is 0 Å². The molecule has 0 saturated heterocycles. The van der Waals surface area contributed by atoms with Gasteiger partial charge in [0.15, 0.2) is 0 Å². The van der Waals surface area contributed by atoms with Crippen LogP contribution in [0.1, 0.15) is 39.5 Å². The summed E-state index contributed by atoms with van der Waals surface area (Å²) in [5.41, 5.74) is 0.434. The van der Waals surface area contributed by atoms with Gasteiger partial charge in [0.2, 0.25) is 11.9 Å². The Kier molecular flexibility index (Phi) is 4.30. The average Bonchev–Trinajstić information content (AvgIpc) is 2.41. The minimum absolute atomic E-state index is 0.213. The van der Waals surface area contributed by atoms with Crippen molar-refractivity contribution in [1.82, 2.24) is 15.0 Å². The summed E-state index contributed by atoms with van der Waals surface area (Å²) in [6.07, 6.45) is 4.70. The molecule has 1 aliphatic rings. The predicted octanol–water partition coefficient (Wildman–Crippen LogP) is 2.33. The molecule has 1 saturated carbocycles. The fraction of sp³-hybridized carbons (Fsp3) is 0.786. The maximum absolute atomic E-state index is 5.95. The lowest BCUT2D eigenvalue weighted by atomic mass is 9.76. The van der Waals surface area contributed by atoms with Crippen molar-refractivity contribution in [2.45, 2.75) is 45.6 Å². The van der Waals surface area contributed by atoms with Crippen LogP contribution in [0.2, 0.25) is 0 Å². The van der Waals surface area contributed by atoms with Crippen LogP contribution in [-0.4, -0.2) is 42.2 Å². The SMILES string of the molecule is CNc1nc(OC2CCC(C)(C)CC2)nc(N(C)C)n1. The minimum Gasteiger partial charge on any atom is -0.460 e. The van der Waals surface area contributed by atoms with Crippen LogP contribution in [0.4, 0.5) is 11.9 Å². The molecule has 0 amide bonds. The molecule has 6 heteroatoms. The normalized spacial score (nSPS) is 18.6. The van der Waals surface area contributed by atoms with Crippen LogP contribution in [-0.2, 0) is 0 Å². The summed E-state index contributed by atoms with van der Waals surface area (Å²) in [6, 6.07) is 0.415. The minimum atomic E-state index is 0.213. The van der Waals surface area contributed by atoms with Crippen molar-refractivity contribution < 1.29 is 4.74 Å². The summed E-state index contributed by atoms with van der Waals surface area (Å²) in [5, 5.41) is 2.94. The van der Waals surface area contributed by atoms with Crippen LogP contribution in [0, 0.1) is 5.41 Å². The van der Waals surface area contributed by atoms with Crippen LogP contribution in [0.25, 0.3) is 0 Å². The number of anilines is 2. The second-order valence-corrected chi connectivity index (χ2v) is 6.37. The number of hydrogen-bond donors (Lipinski definition) is 1. The van der Waals surface area contributed by atoms with Crippen LogP contribution in [0.5, 0.6) is 6.01 Å². The molecule has 1 fully saturated rings. The topological polar surface area (TPSA) is 63.2 Å². The molecule has 1 heterocycles. The van der Waals surface area contributed by atoms with E-state index in [1.54, 1.807) is 7.05 Å². The zero-order valence-corrected chi connectivity index (χ0v) is 13.1. The Morgan fingerprint density at radius 2 is 1.80 bits per heavy atom. The summed E-state index contributed by atoms with van der Waals surface area (Å²) in [4.78, 5) is 14.8. The number of rotatable bonds is 4. The fourth-order valence-electron chi connectivity index (χ4n) is 2.35.